The van der Waals surface area contributed by atoms with Crippen LogP contribution in [-0.4, -0.2) is 36.7 Å². The van der Waals surface area contributed by atoms with Crippen molar-refractivity contribution in [2.75, 3.05) is 19.0 Å². The first-order chi connectivity index (χ1) is 15.1. The molecule has 1 aliphatic carbocycles. The van der Waals surface area contributed by atoms with Gasteiger partial charge in [0.2, 0.25) is 0 Å². The Labute approximate surface area is 186 Å². The van der Waals surface area contributed by atoms with Gasteiger partial charge in [-0.2, -0.15) is 0 Å². The Morgan fingerprint density at radius 2 is 1.84 bits per heavy atom. The molecule has 0 bridgehead atoms. The van der Waals surface area contributed by atoms with Gasteiger partial charge >= 0.3 is 0 Å². The highest BCUT2D eigenvalue weighted by Gasteiger charge is 2.23. The van der Waals surface area contributed by atoms with E-state index in [9.17, 15) is 4.79 Å². The molecule has 1 heterocycles. The molecular formula is C24H26ClN3O3. The number of aromatic nitrogens is 1. The first kappa shape index (κ1) is 21.2. The highest BCUT2D eigenvalue weighted by atomic mass is 35.5. The van der Waals surface area contributed by atoms with Gasteiger partial charge in [-0.3, -0.25) is 9.78 Å². The van der Waals surface area contributed by atoms with Crippen LogP contribution in [0.1, 0.15) is 25.7 Å². The maximum atomic E-state index is 12.3. The van der Waals surface area contributed by atoms with Crippen LogP contribution >= 0.6 is 11.6 Å². The predicted molar refractivity (Wildman–Crippen MR) is 123 cm³/mol. The van der Waals surface area contributed by atoms with E-state index in [0.717, 1.165) is 42.3 Å². The molecule has 1 aliphatic rings. The summed E-state index contributed by atoms with van der Waals surface area (Å²) in [6.07, 6.45) is 5.63. The SMILES string of the molecule is COc1cccc(OCC(=O)NC2CCC(Nc3ccnc4cc(Cl)ccc34)CC2)c1. The summed E-state index contributed by atoms with van der Waals surface area (Å²) in [4.78, 5) is 16.7. The lowest BCUT2D eigenvalue weighted by Crippen LogP contribution is -2.42. The number of carbonyl (C=O) groups excluding carboxylic acids is 1. The van der Waals surface area contributed by atoms with Crippen LogP contribution in [-0.2, 0) is 4.79 Å². The van der Waals surface area contributed by atoms with Crippen LogP contribution in [0.5, 0.6) is 11.5 Å². The van der Waals surface area contributed by atoms with Crippen LogP contribution in [0.2, 0.25) is 5.02 Å². The monoisotopic (exact) mass is 439 g/mol. The summed E-state index contributed by atoms with van der Waals surface area (Å²) in [6.45, 7) is -0.00307. The van der Waals surface area contributed by atoms with E-state index in [1.54, 1.807) is 19.4 Å². The van der Waals surface area contributed by atoms with Gasteiger partial charge in [0.05, 0.1) is 12.6 Å². The van der Waals surface area contributed by atoms with Gasteiger partial charge in [0.15, 0.2) is 6.61 Å². The molecule has 0 saturated heterocycles. The Morgan fingerprint density at radius 1 is 1.06 bits per heavy atom. The molecule has 3 aromatic rings. The highest BCUT2D eigenvalue weighted by molar-refractivity contribution is 6.31. The highest BCUT2D eigenvalue weighted by Crippen LogP contribution is 2.28. The van der Waals surface area contributed by atoms with E-state index >= 15 is 0 Å². The Kier molecular flexibility index (Phi) is 6.77. The van der Waals surface area contributed by atoms with Crippen molar-refractivity contribution < 1.29 is 14.3 Å². The molecule has 0 unspecified atom stereocenters. The Morgan fingerprint density at radius 3 is 2.65 bits per heavy atom. The van der Waals surface area contributed by atoms with E-state index < -0.39 is 0 Å². The summed E-state index contributed by atoms with van der Waals surface area (Å²) in [7, 11) is 1.60. The van der Waals surface area contributed by atoms with E-state index in [2.05, 4.69) is 15.6 Å². The van der Waals surface area contributed by atoms with Crippen molar-refractivity contribution in [3.63, 3.8) is 0 Å². The van der Waals surface area contributed by atoms with Crippen molar-refractivity contribution in [3.05, 3.63) is 59.8 Å². The zero-order valence-electron chi connectivity index (χ0n) is 17.4. The standard InChI is InChI=1S/C24H26ClN3O3/c1-30-19-3-2-4-20(14-19)31-15-24(29)28-18-8-6-17(7-9-18)27-22-11-12-26-23-13-16(25)5-10-21(22)23/h2-5,10-14,17-18H,6-9,15H2,1H3,(H,26,27)(H,28,29). The van der Waals surface area contributed by atoms with Crippen LogP contribution in [0.4, 0.5) is 5.69 Å². The molecule has 0 aliphatic heterocycles. The van der Waals surface area contributed by atoms with Crippen LogP contribution < -0.4 is 20.1 Å². The maximum absolute atomic E-state index is 12.3. The van der Waals surface area contributed by atoms with Gasteiger partial charge in [0.25, 0.3) is 5.91 Å². The fourth-order valence-corrected chi connectivity index (χ4v) is 4.12. The first-order valence-electron chi connectivity index (χ1n) is 10.5. The maximum Gasteiger partial charge on any atom is 0.258 e. The summed E-state index contributed by atoms with van der Waals surface area (Å²) >= 11 is 6.08. The predicted octanol–water partition coefficient (Wildman–Crippen LogP) is 4.82. The molecule has 4 rings (SSSR count). The van der Waals surface area contributed by atoms with E-state index in [4.69, 9.17) is 21.1 Å². The fraction of sp³-hybridized carbons (Fsp3) is 0.333. The number of carbonyl (C=O) groups is 1. The molecule has 31 heavy (non-hydrogen) atoms. The van der Waals surface area contributed by atoms with E-state index in [-0.39, 0.29) is 18.6 Å². The summed E-state index contributed by atoms with van der Waals surface area (Å²) < 4.78 is 10.8. The number of amides is 1. The number of nitrogens with zero attached hydrogens (tertiary/aromatic N) is 1. The lowest BCUT2D eigenvalue weighted by Gasteiger charge is -2.30. The Hall–Kier alpha value is -2.99. The number of nitrogens with one attached hydrogen (secondary N) is 2. The number of hydrogen-bond acceptors (Lipinski definition) is 5. The third kappa shape index (κ3) is 5.58. The number of anilines is 1. The molecule has 1 aromatic heterocycles. The second-order valence-corrected chi connectivity index (χ2v) is 8.18. The number of hydrogen-bond donors (Lipinski definition) is 2. The van der Waals surface area contributed by atoms with Crippen molar-refractivity contribution in [1.82, 2.24) is 10.3 Å². The molecule has 162 valence electrons. The van der Waals surface area contributed by atoms with Crippen molar-refractivity contribution in [1.29, 1.82) is 0 Å². The second-order valence-electron chi connectivity index (χ2n) is 7.75. The number of methoxy groups -OCH3 is 1. The molecule has 7 heteroatoms. The molecule has 2 N–H and O–H groups in total. The normalized spacial score (nSPS) is 18.4. The van der Waals surface area contributed by atoms with Gasteiger partial charge in [-0.15, -0.1) is 0 Å². The number of benzene rings is 2. The van der Waals surface area contributed by atoms with Gasteiger partial charge in [-0.1, -0.05) is 17.7 Å². The smallest absolute Gasteiger partial charge is 0.258 e. The lowest BCUT2D eigenvalue weighted by molar-refractivity contribution is -0.124. The van der Waals surface area contributed by atoms with Crippen molar-refractivity contribution in [2.45, 2.75) is 37.8 Å². The summed E-state index contributed by atoms with van der Waals surface area (Å²) in [5.41, 5.74) is 1.95. The van der Waals surface area contributed by atoms with Crippen molar-refractivity contribution in [3.8, 4) is 11.5 Å². The zero-order chi connectivity index (χ0) is 21.6. The molecule has 0 atom stereocenters. The molecule has 1 saturated carbocycles. The number of pyridine rings is 1. The minimum Gasteiger partial charge on any atom is -0.497 e. The van der Waals surface area contributed by atoms with Crippen molar-refractivity contribution >= 4 is 34.1 Å². The summed E-state index contributed by atoms with van der Waals surface area (Å²) in [5.74, 6) is 1.22. The quantitative estimate of drug-likeness (QED) is 0.552. The van der Waals surface area contributed by atoms with Crippen LogP contribution in [0.25, 0.3) is 10.9 Å². The zero-order valence-corrected chi connectivity index (χ0v) is 18.2. The fourth-order valence-electron chi connectivity index (χ4n) is 3.96. The van der Waals surface area contributed by atoms with Gasteiger partial charge in [0.1, 0.15) is 11.5 Å². The lowest BCUT2D eigenvalue weighted by atomic mass is 9.91. The van der Waals surface area contributed by atoms with Crippen LogP contribution in [0, 0.1) is 0 Å². The second kappa shape index (κ2) is 9.88. The van der Waals surface area contributed by atoms with Gasteiger partial charge in [0, 0.05) is 40.4 Å². The van der Waals surface area contributed by atoms with Gasteiger partial charge < -0.3 is 20.1 Å². The molecule has 1 fully saturated rings. The molecular weight excluding hydrogens is 414 g/mol. The number of ether oxygens (including phenoxy) is 2. The average molecular weight is 440 g/mol. The van der Waals surface area contributed by atoms with Crippen molar-refractivity contribution in [2.24, 2.45) is 0 Å². The third-order valence-electron chi connectivity index (χ3n) is 5.57. The molecule has 0 spiro atoms. The van der Waals surface area contributed by atoms with Crippen LogP contribution in [0.15, 0.2) is 54.7 Å². The molecule has 2 aromatic carbocycles. The third-order valence-corrected chi connectivity index (χ3v) is 5.80. The van der Waals surface area contributed by atoms with E-state index in [1.165, 1.54) is 0 Å². The minimum atomic E-state index is -0.101. The molecule has 1 amide bonds. The van der Waals surface area contributed by atoms with Gasteiger partial charge in [-0.05, 0) is 62.1 Å². The number of rotatable bonds is 7. The van der Waals surface area contributed by atoms with E-state index in [0.29, 0.717) is 22.6 Å². The summed E-state index contributed by atoms with van der Waals surface area (Å²) in [5, 5.41) is 8.48. The largest absolute Gasteiger partial charge is 0.497 e. The average Bonchev–Trinajstić information content (AvgIpc) is 2.79. The number of halogens is 1. The Bertz CT molecular complexity index is 1050. The summed E-state index contributed by atoms with van der Waals surface area (Å²) in [6, 6.07) is 15.5. The van der Waals surface area contributed by atoms with E-state index in [1.807, 2.05) is 42.5 Å². The van der Waals surface area contributed by atoms with Gasteiger partial charge in [-0.25, -0.2) is 0 Å². The molecule has 0 radical (unpaired) electrons. The Balaban J connectivity index is 1.25. The molecule has 6 nitrogen and oxygen atoms in total. The first-order valence-corrected chi connectivity index (χ1v) is 10.9. The topological polar surface area (TPSA) is 72.5 Å². The van der Waals surface area contributed by atoms with Crippen LogP contribution in [0.3, 0.4) is 0 Å². The minimum absolute atomic E-state index is 0.00307. The number of fused-ring (bicyclic) bond motifs is 1.